The maximum atomic E-state index is 12.3. The zero-order chi connectivity index (χ0) is 20.8. The van der Waals surface area contributed by atoms with Crippen LogP contribution in [0.25, 0.3) is 0 Å². The number of ether oxygens (including phenoxy) is 2. The number of aryl methyl sites for hydroxylation is 1. The molecule has 1 aromatic heterocycles. The van der Waals surface area contributed by atoms with E-state index in [9.17, 15) is 9.59 Å². The van der Waals surface area contributed by atoms with Crippen LogP contribution in [-0.4, -0.2) is 28.8 Å². The Morgan fingerprint density at radius 3 is 2.76 bits per heavy atom. The first-order valence-electron chi connectivity index (χ1n) is 8.69. The summed E-state index contributed by atoms with van der Waals surface area (Å²) in [6.07, 6.45) is 0. The van der Waals surface area contributed by atoms with Crippen molar-refractivity contribution in [2.75, 3.05) is 12.4 Å². The number of rotatable bonds is 7. The Morgan fingerprint density at radius 2 is 2.00 bits per heavy atom. The second-order valence-corrected chi connectivity index (χ2v) is 6.49. The summed E-state index contributed by atoms with van der Waals surface area (Å²) in [5, 5.41) is 6.86. The van der Waals surface area contributed by atoms with Gasteiger partial charge in [-0.1, -0.05) is 18.2 Å². The lowest BCUT2D eigenvalue weighted by molar-refractivity contribution is -0.117. The molecule has 3 rings (SSSR count). The van der Waals surface area contributed by atoms with Crippen molar-refractivity contribution in [3.63, 3.8) is 0 Å². The number of carbonyl (C=O) groups is 2. The van der Waals surface area contributed by atoms with Gasteiger partial charge in [-0.2, -0.15) is 0 Å². The Labute approximate surface area is 172 Å². The molecule has 8 nitrogen and oxygen atoms in total. The van der Waals surface area contributed by atoms with E-state index in [0.29, 0.717) is 17.0 Å². The molecule has 0 aliphatic carbocycles. The Bertz CT molecular complexity index is 1090. The largest absolute Gasteiger partial charge is 0.484 e. The highest BCUT2D eigenvalue weighted by molar-refractivity contribution is 7.71. The smallest absolute Gasteiger partial charge is 0.337 e. The second-order valence-electron chi connectivity index (χ2n) is 6.15. The number of hydrogen-bond acceptors (Lipinski definition) is 7. The number of hydrogen-bond donors (Lipinski definition) is 1. The molecule has 0 aliphatic heterocycles. The Morgan fingerprint density at radius 1 is 1.21 bits per heavy atom. The van der Waals surface area contributed by atoms with Crippen LogP contribution >= 0.6 is 12.2 Å². The Hall–Kier alpha value is -3.46. The van der Waals surface area contributed by atoms with Gasteiger partial charge < -0.3 is 19.2 Å². The van der Waals surface area contributed by atoms with E-state index in [1.54, 1.807) is 18.2 Å². The van der Waals surface area contributed by atoms with E-state index in [0.717, 1.165) is 5.56 Å². The molecule has 1 N–H and O–H groups in total. The number of aromatic nitrogens is 2. The predicted octanol–water partition coefficient (Wildman–Crippen LogP) is 3.52. The molecular formula is C20H19N3O5S. The lowest BCUT2D eigenvalue weighted by Crippen LogP contribution is -2.20. The van der Waals surface area contributed by atoms with E-state index in [2.05, 4.69) is 15.2 Å². The van der Waals surface area contributed by atoms with Crippen molar-refractivity contribution >= 4 is 29.8 Å². The number of anilines is 1. The van der Waals surface area contributed by atoms with Gasteiger partial charge in [0.2, 0.25) is 5.91 Å². The Balaban J connectivity index is 1.61. The maximum absolute atomic E-state index is 12.3. The third kappa shape index (κ3) is 5.52. The molecule has 0 saturated carbocycles. The summed E-state index contributed by atoms with van der Waals surface area (Å²) < 4.78 is 16.9. The average Bonchev–Trinajstić information content (AvgIpc) is 3.05. The van der Waals surface area contributed by atoms with E-state index in [1.807, 2.05) is 31.2 Å². The van der Waals surface area contributed by atoms with Crippen LogP contribution in [0.1, 0.15) is 21.8 Å². The molecule has 0 radical (unpaired) electrons. The normalized spacial score (nSPS) is 10.4. The fourth-order valence-electron chi connectivity index (χ4n) is 2.54. The molecule has 0 bridgehead atoms. The predicted molar refractivity (Wildman–Crippen MR) is 107 cm³/mol. The van der Waals surface area contributed by atoms with E-state index in [-0.39, 0.29) is 29.8 Å². The summed E-state index contributed by atoms with van der Waals surface area (Å²) in [5.41, 5.74) is 1.86. The average molecular weight is 413 g/mol. The van der Waals surface area contributed by atoms with Gasteiger partial charge in [0.15, 0.2) is 6.61 Å². The third-order valence-corrected chi connectivity index (χ3v) is 4.15. The van der Waals surface area contributed by atoms with E-state index in [4.69, 9.17) is 21.4 Å². The van der Waals surface area contributed by atoms with Gasteiger partial charge >= 0.3 is 5.97 Å². The number of esters is 1. The monoisotopic (exact) mass is 413 g/mol. The minimum absolute atomic E-state index is 0.0614. The standard InChI is InChI=1S/C20H19N3O5S/c1-13-5-3-8-16(9-13)27-12-18-22-23(20(29)28-18)11-17(24)21-15-7-4-6-14(10-15)19(25)26-2/h3-10H,11-12H2,1-2H3,(H,21,24). The first kappa shape index (κ1) is 20.3. The van der Waals surface area contributed by atoms with Crippen LogP contribution in [0, 0.1) is 11.8 Å². The lowest BCUT2D eigenvalue weighted by atomic mass is 10.2. The third-order valence-electron chi connectivity index (χ3n) is 3.86. The quantitative estimate of drug-likeness (QED) is 0.468. The maximum Gasteiger partial charge on any atom is 0.337 e. The van der Waals surface area contributed by atoms with Crippen LogP contribution in [0.5, 0.6) is 5.75 Å². The molecular weight excluding hydrogens is 394 g/mol. The number of nitrogens with zero attached hydrogens (tertiary/aromatic N) is 2. The zero-order valence-corrected chi connectivity index (χ0v) is 16.7. The van der Waals surface area contributed by atoms with Gasteiger partial charge in [-0.15, -0.1) is 5.10 Å². The summed E-state index contributed by atoms with van der Waals surface area (Å²) >= 11 is 5.12. The van der Waals surface area contributed by atoms with Crippen molar-refractivity contribution in [3.05, 3.63) is 70.4 Å². The second kappa shape index (κ2) is 9.16. The topological polar surface area (TPSA) is 95.6 Å². The number of nitrogens with one attached hydrogen (secondary N) is 1. The van der Waals surface area contributed by atoms with Gasteiger partial charge in [-0.25, -0.2) is 9.48 Å². The Kier molecular flexibility index (Phi) is 6.40. The van der Waals surface area contributed by atoms with Gasteiger partial charge in [0, 0.05) is 5.69 Å². The summed E-state index contributed by atoms with van der Waals surface area (Å²) in [4.78, 5) is 24.0. The zero-order valence-electron chi connectivity index (χ0n) is 15.9. The van der Waals surface area contributed by atoms with Crippen LogP contribution in [0.15, 0.2) is 52.9 Å². The fourth-order valence-corrected chi connectivity index (χ4v) is 2.74. The molecule has 0 fully saturated rings. The van der Waals surface area contributed by atoms with E-state index < -0.39 is 5.97 Å². The first-order chi connectivity index (χ1) is 13.9. The number of benzene rings is 2. The molecule has 0 spiro atoms. The molecule has 1 heterocycles. The molecule has 0 saturated heterocycles. The van der Waals surface area contributed by atoms with E-state index in [1.165, 1.54) is 17.9 Å². The van der Waals surface area contributed by atoms with Crippen molar-refractivity contribution in [1.82, 2.24) is 9.78 Å². The van der Waals surface area contributed by atoms with E-state index >= 15 is 0 Å². The molecule has 29 heavy (non-hydrogen) atoms. The molecule has 0 aliphatic rings. The number of methoxy groups -OCH3 is 1. The van der Waals surface area contributed by atoms with Crippen LogP contribution in [0.4, 0.5) is 5.69 Å². The fraction of sp³-hybridized carbons (Fsp3) is 0.200. The minimum Gasteiger partial charge on any atom is -0.484 e. The van der Waals surface area contributed by atoms with Crippen molar-refractivity contribution in [2.45, 2.75) is 20.1 Å². The van der Waals surface area contributed by atoms with Crippen LogP contribution in [-0.2, 0) is 22.7 Å². The molecule has 0 atom stereocenters. The van der Waals surface area contributed by atoms with Gasteiger partial charge in [0.25, 0.3) is 10.7 Å². The van der Waals surface area contributed by atoms with Crippen LogP contribution in [0.2, 0.25) is 0 Å². The SMILES string of the molecule is COC(=O)c1cccc(NC(=O)Cn2nc(COc3cccc(C)c3)oc2=S)c1. The van der Waals surface area contributed by atoms with Crippen LogP contribution in [0.3, 0.4) is 0 Å². The summed E-state index contributed by atoms with van der Waals surface area (Å²) in [7, 11) is 1.29. The number of carbonyl (C=O) groups excluding carboxylic acids is 2. The van der Waals surface area contributed by atoms with Crippen LogP contribution < -0.4 is 10.1 Å². The highest BCUT2D eigenvalue weighted by Gasteiger charge is 2.12. The summed E-state index contributed by atoms with van der Waals surface area (Å²) in [6.45, 7) is 1.91. The minimum atomic E-state index is -0.488. The van der Waals surface area contributed by atoms with Crippen molar-refractivity contribution < 1.29 is 23.5 Å². The van der Waals surface area contributed by atoms with Gasteiger partial charge in [-0.3, -0.25) is 4.79 Å². The highest BCUT2D eigenvalue weighted by atomic mass is 32.1. The van der Waals surface area contributed by atoms with Gasteiger partial charge in [-0.05, 0) is 55.0 Å². The van der Waals surface area contributed by atoms with Crippen molar-refractivity contribution in [1.29, 1.82) is 0 Å². The summed E-state index contributed by atoms with van der Waals surface area (Å²) in [5.74, 6) is 0.0848. The molecule has 150 valence electrons. The molecule has 1 amide bonds. The van der Waals surface area contributed by atoms with Gasteiger partial charge in [0.1, 0.15) is 12.3 Å². The lowest BCUT2D eigenvalue weighted by Gasteiger charge is -2.06. The van der Waals surface area contributed by atoms with Crippen molar-refractivity contribution in [3.8, 4) is 5.75 Å². The number of amides is 1. The highest BCUT2D eigenvalue weighted by Crippen LogP contribution is 2.15. The first-order valence-corrected chi connectivity index (χ1v) is 9.10. The molecule has 2 aromatic carbocycles. The molecule has 3 aromatic rings. The summed E-state index contributed by atoms with van der Waals surface area (Å²) in [6, 6.07) is 14.0. The molecule has 0 unspecified atom stereocenters. The van der Waals surface area contributed by atoms with Crippen molar-refractivity contribution in [2.24, 2.45) is 0 Å². The van der Waals surface area contributed by atoms with Gasteiger partial charge in [0.05, 0.1) is 12.7 Å². The molecule has 9 heteroatoms.